The maximum absolute atomic E-state index is 2.37. The molecule has 1 aromatic carbocycles. The maximum atomic E-state index is 2.37. The summed E-state index contributed by atoms with van der Waals surface area (Å²) in [5.41, 5.74) is 2.09. The number of benzene rings is 1. The molecule has 162 valence electrons. The van der Waals surface area contributed by atoms with Crippen molar-refractivity contribution in [1.82, 2.24) is 0 Å². The van der Waals surface area contributed by atoms with Gasteiger partial charge in [-0.1, -0.05) is 141 Å². The molecule has 0 N–H and O–H groups in total. The molecule has 0 spiro atoms. The molecule has 1 aromatic rings. The molecule has 0 bridgehead atoms. The Kier molecular flexibility index (Phi) is 15.4. The van der Waals surface area contributed by atoms with Crippen molar-refractivity contribution in [3.63, 3.8) is 0 Å². The lowest BCUT2D eigenvalue weighted by Gasteiger charge is -2.34. The van der Waals surface area contributed by atoms with Crippen molar-refractivity contribution < 1.29 is 0 Å². The lowest BCUT2D eigenvalue weighted by atomic mass is 9.71. The van der Waals surface area contributed by atoms with Crippen LogP contribution in [0.15, 0.2) is 30.3 Å². The molecule has 0 fully saturated rings. The van der Waals surface area contributed by atoms with Gasteiger partial charge in [0.25, 0.3) is 0 Å². The van der Waals surface area contributed by atoms with Gasteiger partial charge < -0.3 is 0 Å². The highest BCUT2D eigenvalue weighted by atomic mass is 14.3. The minimum Gasteiger partial charge on any atom is -0.0654 e. The largest absolute Gasteiger partial charge is 0.0654 e. The zero-order chi connectivity index (χ0) is 20.3. The van der Waals surface area contributed by atoms with Gasteiger partial charge in [-0.05, 0) is 36.7 Å². The van der Waals surface area contributed by atoms with E-state index in [1.807, 2.05) is 0 Å². The van der Waals surface area contributed by atoms with Gasteiger partial charge in [-0.15, -0.1) is 0 Å². The van der Waals surface area contributed by atoms with Crippen LogP contribution in [-0.4, -0.2) is 0 Å². The van der Waals surface area contributed by atoms with Crippen LogP contribution in [0.5, 0.6) is 0 Å². The van der Waals surface area contributed by atoms with Crippen molar-refractivity contribution in [3.8, 4) is 0 Å². The van der Waals surface area contributed by atoms with Gasteiger partial charge in [0.15, 0.2) is 0 Å². The van der Waals surface area contributed by atoms with Crippen LogP contribution in [0.3, 0.4) is 0 Å². The molecule has 0 amide bonds. The molecule has 0 heteroatoms. The van der Waals surface area contributed by atoms with E-state index in [9.17, 15) is 0 Å². The second-order valence-corrected chi connectivity index (χ2v) is 9.30. The zero-order valence-corrected chi connectivity index (χ0v) is 19.6. The Labute approximate surface area is 177 Å². The Morgan fingerprint density at radius 2 is 0.964 bits per heavy atom. The Bertz CT molecular complexity index is 427. The van der Waals surface area contributed by atoms with Crippen LogP contribution in [0, 0.1) is 5.41 Å². The van der Waals surface area contributed by atoms with Gasteiger partial charge in [-0.2, -0.15) is 0 Å². The Balaban J connectivity index is 2.22. The van der Waals surface area contributed by atoms with E-state index in [-0.39, 0.29) is 0 Å². The monoisotopic (exact) mass is 386 g/mol. The van der Waals surface area contributed by atoms with Gasteiger partial charge >= 0.3 is 0 Å². The van der Waals surface area contributed by atoms with E-state index in [0.29, 0.717) is 5.41 Å². The molecule has 0 radical (unpaired) electrons. The summed E-state index contributed by atoms with van der Waals surface area (Å²) in [5.74, 6) is 0. The fourth-order valence-corrected chi connectivity index (χ4v) is 5.07. The topological polar surface area (TPSA) is 0 Å². The van der Waals surface area contributed by atoms with Gasteiger partial charge in [0.05, 0.1) is 0 Å². The van der Waals surface area contributed by atoms with E-state index in [1.54, 1.807) is 5.56 Å². The molecule has 0 saturated heterocycles. The van der Waals surface area contributed by atoms with Crippen molar-refractivity contribution in [2.45, 2.75) is 136 Å². The summed E-state index contributed by atoms with van der Waals surface area (Å²) < 4.78 is 0. The molecular weight excluding hydrogens is 336 g/mol. The molecule has 28 heavy (non-hydrogen) atoms. The molecular formula is C28H50. The second kappa shape index (κ2) is 17.1. The summed E-state index contributed by atoms with van der Waals surface area (Å²) in [6.45, 7) is 7.05. The Morgan fingerprint density at radius 1 is 0.500 bits per heavy atom. The molecule has 0 aliphatic rings. The van der Waals surface area contributed by atoms with Gasteiger partial charge in [0.1, 0.15) is 0 Å². The first kappa shape index (κ1) is 25.3. The SMILES string of the molecule is CCCCCCCCCCCCCCC(CCC)(CCC)Cc1ccccc1. The summed E-state index contributed by atoms with van der Waals surface area (Å²) in [4.78, 5) is 0. The van der Waals surface area contributed by atoms with Crippen molar-refractivity contribution >= 4 is 0 Å². The molecule has 0 aromatic heterocycles. The fourth-order valence-electron chi connectivity index (χ4n) is 5.07. The molecule has 0 aliphatic heterocycles. The van der Waals surface area contributed by atoms with Crippen LogP contribution in [0.25, 0.3) is 0 Å². The van der Waals surface area contributed by atoms with Gasteiger partial charge in [-0.25, -0.2) is 0 Å². The Hall–Kier alpha value is -0.780. The highest BCUT2D eigenvalue weighted by Gasteiger charge is 2.27. The number of hydrogen-bond donors (Lipinski definition) is 0. The third-order valence-electron chi connectivity index (χ3n) is 6.54. The predicted molar refractivity (Wildman–Crippen MR) is 128 cm³/mol. The molecule has 0 atom stereocenters. The van der Waals surface area contributed by atoms with E-state index in [2.05, 4.69) is 51.1 Å². The van der Waals surface area contributed by atoms with Crippen molar-refractivity contribution in [3.05, 3.63) is 35.9 Å². The molecule has 1 rings (SSSR count). The quantitative estimate of drug-likeness (QED) is 0.207. The number of hydrogen-bond acceptors (Lipinski definition) is 0. The lowest BCUT2D eigenvalue weighted by molar-refractivity contribution is 0.203. The molecule has 0 heterocycles. The first-order valence-corrected chi connectivity index (χ1v) is 12.8. The van der Waals surface area contributed by atoms with Crippen molar-refractivity contribution in [2.24, 2.45) is 5.41 Å². The number of rotatable bonds is 19. The average molecular weight is 387 g/mol. The zero-order valence-electron chi connectivity index (χ0n) is 19.6. The van der Waals surface area contributed by atoms with Crippen LogP contribution < -0.4 is 0 Å². The van der Waals surface area contributed by atoms with Crippen molar-refractivity contribution in [2.75, 3.05) is 0 Å². The van der Waals surface area contributed by atoms with Gasteiger partial charge in [0, 0.05) is 0 Å². The van der Waals surface area contributed by atoms with Crippen LogP contribution in [0.4, 0.5) is 0 Å². The smallest absolute Gasteiger partial charge is 0.0222 e. The van der Waals surface area contributed by atoms with E-state index < -0.39 is 0 Å². The predicted octanol–water partition coefficient (Wildman–Crippen LogP) is 9.91. The van der Waals surface area contributed by atoms with Gasteiger partial charge in [-0.3, -0.25) is 0 Å². The Morgan fingerprint density at radius 3 is 1.43 bits per heavy atom. The van der Waals surface area contributed by atoms with Crippen LogP contribution in [0.2, 0.25) is 0 Å². The first-order chi connectivity index (χ1) is 13.8. The molecule has 0 aliphatic carbocycles. The molecule has 0 saturated carbocycles. The minimum absolute atomic E-state index is 0.545. The molecule has 0 nitrogen and oxygen atoms in total. The van der Waals surface area contributed by atoms with Crippen LogP contribution in [0.1, 0.15) is 135 Å². The van der Waals surface area contributed by atoms with Crippen LogP contribution >= 0.6 is 0 Å². The first-order valence-electron chi connectivity index (χ1n) is 12.8. The average Bonchev–Trinajstić information content (AvgIpc) is 2.70. The summed E-state index contributed by atoms with van der Waals surface area (Å²) in [6, 6.07) is 11.2. The minimum atomic E-state index is 0.545. The molecule has 0 unspecified atom stereocenters. The lowest BCUT2D eigenvalue weighted by Crippen LogP contribution is -2.24. The van der Waals surface area contributed by atoms with E-state index >= 15 is 0 Å². The van der Waals surface area contributed by atoms with E-state index in [1.165, 1.54) is 116 Å². The van der Waals surface area contributed by atoms with E-state index in [0.717, 1.165) is 0 Å². The highest BCUT2D eigenvalue weighted by Crippen LogP contribution is 2.39. The highest BCUT2D eigenvalue weighted by molar-refractivity contribution is 5.16. The maximum Gasteiger partial charge on any atom is -0.0222 e. The third-order valence-corrected chi connectivity index (χ3v) is 6.54. The van der Waals surface area contributed by atoms with Crippen LogP contribution in [-0.2, 0) is 6.42 Å². The normalized spacial score (nSPS) is 11.8. The van der Waals surface area contributed by atoms with Crippen molar-refractivity contribution in [1.29, 1.82) is 0 Å². The van der Waals surface area contributed by atoms with E-state index in [4.69, 9.17) is 0 Å². The third kappa shape index (κ3) is 11.9. The standard InChI is InChI=1S/C28H50/c1-4-7-8-9-10-11-12-13-14-15-16-20-25-28(23-5-2,24-6-3)26-27-21-18-17-19-22-27/h17-19,21-22H,4-16,20,23-26H2,1-3H3. The summed E-state index contributed by atoms with van der Waals surface area (Å²) in [5, 5.41) is 0. The second-order valence-electron chi connectivity index (χ2n) is 9.30. The summed E-state index contributed by atoms with van der Waals surface area (Å²) in [6.07, 6.45) is 25.5. The summed E-state index contributed by atoms with van der Waals surface area (Å²) in [7, 11) is 0. The fraction of sp³-hybridized carbons (Fsp3) is 0.786. The number of unbranched alkanes of at least 4 members (excludes halogenated alkanes) is 11. The van der Waals surface area contributed by atoms with Gasteiger partial charge in [0.2, 0.25) is 0 Å². The summed E-state index contributed by atoms with van der Waals surface area (Å²) >= 11 is 0.